The van der Waals surface area contributed by atoms with E-state index in [4.69, 9.17) is 16.3 Å². The Hall–Kier alpha value is -2.00. The predicted octanol–water partition coefficient (Wildman–Crippen LogP) is 4.04. The van der Waals surface area contributed by atoms with Crippen LogP contribution in [0.4, 0.5) is 10.5 Å². The summed E-state index contributed by atoms with van der Waals surface area (Å²) < 4.78 is 5.59. The fourth-order valence-corrected chi connectivity index (χ4v) is 2.86. The first kappa shape index (κ1) is 13.0. The van der Waals surface area contributed by atoms with Crippen molar-refractivity contribution >= 4 is 23.4 Å². The fraction of sp³-hybridized carbons (Fsp3) is 0.188. The van der Waals surface area contributed by atoms with Crippen LogP contribution < -0.4 is 5.32 Å². The van der Waals surface area contributed by atoms with Gasteiger partial charge in [0.15, 0.2) is 5.60 Å². The van der Waals surface area contributed by atoms with Crippen molar-refractivity contribution < 1.29 is 9.53 Å². The van der Waals surface area contributed by atoms with Gasteiger partial charge in [0.05, 0.1) is 11.6 Å². The maximum Gasteiger partial charge on any atom is 0.412 e. The Kier molecular flexibility index (Phi) is 3.14. The highest BCUT2D eigenvalue weighted by molar-refractivity contribution is 6.19. The monoisotopic (exact) mass is 287 g/mol. The minimum Gasteiger partial charge on any atom is -0.431 e. The molecule has 1 N–H and O–H groups in total. The van der Waals surface area contributed by atoms with Gasteiger partial charge in [0.25, 0.3) is 0 Å². The summed E-state index contributed by atoms with van der Waals surface area (Å²) in [6, 6.07) is 15.4. The van der Waals surface area contributed by atoms with E-state index in [0.29, 0.717) is 0 Å². The number of anilines is 1. The van der Waals surface area contributed by atoms with Gasteiger partial charge in [0.1, 0.15) is 0 Å². The SMILES string of the molecule is Cc1ccc([C@]2(CCl)OC(=O)Nc3ccccc32)cc1. The second-order valence-corrected chi connectivity index (χ2v) is 5.15. The molecule has 1 amide bonds. The van der Waals surface area contributed by atoms with Crippen LogP contribution in [0.5, 0.6) is 0 Å². The second kappa shape index (κ2) is 4.84. The number of rotatable bonds is 2. The van der Waals surface area contributed by atoms with Crippen LogP contribution in [0.25, 0.3) is 0 Å². The summed E-state index contributed by atoms with van der Waals surface area (Å²) in [7, 11) is 0. The van der Waals surface area contributed by atoms with Crippen LogP contribution in [0, 0.1) is 6.92 Å². The molecule has 0 aliphatic carbocycles. The first-order chi connectivity index (χ1) is 9.65. The topological polar surface area (TPSA) is 38.3 Å². The number of benzene rings is 2. The van der Waals surface area contributed by atoms with Crippen LogP contribution in [0.15, 0.2) is 48.5 Å². The van der Waals surface area contributed by atoms with Crippen LogP contribution >= 0.6 is 11.6 Å². The third kappa shape index (κ3) is 1.95. The average Bonchev–Trinajstić information content (AvgIpc) is 2.47. The molecule has 102 valence electrons. The van der Waals surface area contributed by atoms with Gasteiger partial charge in [-0.05, 0) is 13.0 Å². The van der Waals surface area contributed by atoms with Crippen molar-refractivity contribution in [3.63, 3.8) is 0 Å². The molecule has 0 saturated carbocycles. The van der Waals surface area contributed by atoms with Crippen LogP contribution in [-0.4, -0.2) is 12.0 Å². The molecule has 2 aromatic carbocycles. The van der Waals surface area contributed by atoms with Crippen molar-refractivity contribution in [3.8, 4) is 0 Å². The van der Waals surface area contributed by atoms with Crippen LogP contribution in [-0.2, 0) is 10.3 Å². The quantitative estimate of drug-likeness (QED) is 0.847. The molecule has 3 rings (SSSR count). The lowest BCUT2D eigenvalue weighted by atomic mass is 9.85. The van der Waals surface area contributed by atoms with E-state index in [2.05, 4.69) is 5.32 Å². The molecule has 3 nitrogen and oxygen atoms in total. The zero-order valence-corrected chi connectivity index (χ0v) is 11.8. The standard InChI is InChI=1S/C16H14ClNO2/c1-11-6-8-12(9-7-11)16(10-17)13-4-2-3-5-14(13)18-15(19)20-16/h2-9H,10H2,1H3,(H,18,19)/t16-/m0/s1. The van der Waals surface area contributed by atoms with E-state index in [-0.39, 0.29) is 5.88 Å². The molecule has 0 aromatic heterocycles. The number of carbonyl (C=O) groups is 1. The molecule has 0 radical (unpaired) electrons. The van der Waals surface area contributed by atoms with E-state index in [1.54, 1.807) is 0 Å². The van der Waals surface area contributed by atoms with Crippen molar-refractivity contribution in [2.45, 2.75) is 12.5 Å². The smallest absolute Gasteiger partial charge is 0.412 e. The molecule has 0 unspecified atom stereocenters. The number of hydrogen-bond donors (Lipinski definition) is 1. The van der Waals surface area contributed by atoms with Gasteiger partial charge in [0.2, 0.25) is 0 Å². The molecule has 0 bridgehead atoms. The number of halogens is 1. The Labute approximate surface area is 122 Å². The van der Waals surface area contributed by atoms with Crippen molar-refractivity contribution in [1.29, 1.82) is 0 Å². The van der Waals surface area contributed by atoms with Gasteiger partial charge in [0, 0.05) is 11.1 Å². The zero-order chi connectivity index (χ0) is 14.2. The van der Waals surface area contributed by atoms with E-state index in [9.17, 15) is 4.79 Å². The van der Waals surface area contributed by atoms with Gasteiger partial charge in [-0.1, -0.05) is 48.0 Å². The molecule has 4 heteroatoms. The summed E-state index contributed by atoms with van der Waals surface area (Å²) in [6.07, 6.45) is -0.482. The summed E-state index contributed by atoms with van der Waals surface area (Å²) in [4.78, 5) is 11.8. The zero-order valence-electron chi connectivity index (χ0n) is 11.0. The summed E-state index contributed by atoms with van der Waals surface area (Å²) in [5.41, 5.74) is 2.70. The lowest BCUT2D eigenvalue weighted by molar-refractivity contribution is 0.0611. The molecular weight excluding hydrogens is 274 g/mol. The van der Waals surface area contributed by atoms with Gasteiger partial charge in [-0.25, -0.2) is 4.79 Å². The summed E-state index contributed by atoms with van der Waals surface area (Å²) in [5.74, 6) is 0.167. The Bertz CT molecular complexity index is 654. The van der Waals surface area contributed by atoms with Crippen molar-refractivity contribution in [2.24, 2.45) is 0 Å². The Morgan fingerprint density at radius 2 is 1.85 bits per heavy atom. The summed E-state index contributed by atoms with van der Waals surface area (Å²) >= 11 is 6.20. The minimum atomic E-state index is -0.936. The molecule has 0 fully saturated rings. The summed E-state index contributed by atoms with van der Waals surface area (Å²) in [5, 5.41) is 2.71. The number of aryl methyl sites for hydroxylation is 1. The number of hydrogen-bond acceptors (Lipinski definition) is 2. The third-order valence-corrected chi connectivity index (χ3v) is 3.95. The largest absolute Gasteiger partial charge is 0.431 e. The van der Waals surface area contributed by atoms with Gasteiger partial charge < -0.3 is 4.74 Å². The lowest BCUT2D eigenvalue weighted by Crippen LogP contribution is -2.42. The van der Waals surface area contributed by atoms with Crippen molar-refractivity contribution in [3.05, 3.63) is 65.2 Å². The van der Waals surface area contributed by atoms with Gasteiger partial charge in [-0.15, -0.1) is 11.6 Å². The van der Waals surface area contributed by atoms with Crippen molar-refractivity contribution in [1.82, 2.24) is 0 Å². The van der Waals surface area contributed by atoms with Crippen LogP contribution in [0.3, 0.4) is 0 Å². The normalized spacial score (nSPS) is 20.8. The molecule has 1 atom stereocenters. The minimum absolute atomic E-state index is 0.167. The van der Waals surface area contributed by atoms with E-state index >= 15 is 0 Å². The van der Waals surface area contributed by atoms with E-state index in [1.807, 2.05) is 55.5 Å². The highest BCUT2D eigenvalue weighted by Gasteiger charge is 2.42. The maximum atomic E-state index is 11.8. The molecule has 0 saturated heterocycles. The molecule has 20 heavy (non-hydrogen) atoms. The van der Waals surface area contributed by atoms with Crippen LogP contribution in [0.2, 0.25) is 0 Å². The molecule has 1 aliphatic heterocycles. The third-order valence-electron chi connectivity index (χ3n) is 3.57. The lowest BCUT2D eigenvalue weighted by Gasteiger charge is -2.37. The first-order valence-electron chi connectivity index (χ1n) is 6.38. The number of fused-ring (bicyclic) bond motifs is 1. The Morgan fingerprint density at radius 1 is 1.15 bits per heavy atom. The maximum absolute atomic E-state index is 11.8. The number of carbonyl (C=O) groups excluding carboxylic acids is 1. The molecule has 2 aromatic rings. The van der Waals surface area contributed by atoms with E-state index in [1.165, 1.54) is 0 Å². The Morgan fingerprint density at radius 3 is 2.55 bits per heavy atom. The number of nitrogens with one attached hydrogen (secondary N) is 1. The number of cyclic esters (lactones) is 1. The predicted molar refractivity (Wildman–Crippen MR) is 79.2 cm³/mol. The number of amides is 1. The van der Waals surface area contributed by atoms with Gasteiger partial charge in [-0.3, -0.25) is 5.32 Å². The molecule has 1 aliphatic rings. The number of alkyl halides is 1. The van der Waals surface area contributed by atoms with E-state index in [0.717, 1.165) is 22.4 Å². The average molecular weight is 288 g/mol. The first-order valence-corrected chi connectivity index (χ1v) is 6.92. The van der Waals surface area contributed by atoms with Gasteiger partial charge in [-0.2, -0.15) is 0 Å². The van der Waals surface area contributed by atoms with Crippen molar-refractivity contribution in [2.75, 3.05) is 11.2 Å². The number of para-hydroxylation sites is 1. The fourth-order valence-electron chi connectivity index (χ4n) is 2.51. The molecule has 0 spiro atoms. The highest BCUT2D eigenvalue weighted by Crippen LogP contribution is 2.42. The Balaban J connectivity index is 2.22. The summed E-state index contributed by atoms with van der Waals surface area (Å²) in [6.45, 7) is 2.01. The number of ether oxygens (including phenoxy) is 1. The second-order valence-electron chi connectivity index (χ2n) is 4.89. The molecule has 1 heterocycles. The molecular formula is C16H14ClNO2. The van der Waals surface area contributed by atoms with Gasteiger partial charge >= 0.3 is 6.09 Å². The van der Waals surface area contributed by atoms with E-state index < -0.39 is 11.7 Å². The van der Waals surface area contributed by atoms with Crippen LogP contribution in [0.1, 0.15) is 16.7 Å². The highest BCUT2D eigenvalue weighted by atomic mass is 35.5.